The molecule has 0 atom stereocenters. The van der Waals surface area contributed by atoms with Crippen molar-refractivity contribution in [1.29, 1.82) is 0 Å². The Morgan fingerprint density at radius 3 is 2.75 bits per heavy atom. The molecular formula is C18H20FN5. The Balaban J connectivity index is 1.51. The third-order valence-electron chi connectivity index (χ3n) is 4.88. The van der Waals surface area contributed by atoms with E-state index in [1.807, 2.05) is 25.4 Å². The summed E-state index contributed by atoms with van der Waals surface area (Å²) in [5.74, 6) is 2.14. The first-order chi connectivity index (χ1) is 11.7. The van der Waals surface area contributed by atoms with Crippen LogP contribution in [0.25, 0.3) is 10.9 Å². The quantitative estimate of drug-likeness (QED) is 0.742. The molecule has 0 N–H and O–H groups in total. The Morgan fingerprint density at radius 2 is 2.00 bits per heavy atom. The van der Waals surface area contributed by atoms with Gasteiger partial charge in [-0.15, -0.1) is 0 Å². The number of halogens is 1. The fourth-order valence-corrected chi connectivity index (χ4v) is 3.49. The van der Waals surface area contributed by atoms with Crippen LogP contribution in [0.2, 0.25) is 0 Å². The Labute approximate surface area is 140 Å². The van der Waals surface area contributed by atoms with E-state index < -0.39 is 0 Å². The summed E-state index contributed by atoms with van der Waals surface area (Å²) in [7, 11) is 0. The Bertz CT molecular complexity index is 846. The summed E-state index contributed by atoms with van der Waals surface area (Å²) in [6, 6.07) is 5.00. The lowest BCUT2D eigenvalue weighted by Crippen LogP contribution is -2.35. The van der Waals surface area contributed by atoms with E-state index in [0.717, 1.165) is 44.1 Å². The lowest BCUT2D eigenvalue weighted by atomic mass is 9.96. The van der Waals surface area contributed by atoms with Gasteiger partial charge >= 0.3 is 0 Å². The van der Waals surface area contributed by atoms with E-state index in [2.05, 4.69) is 24.4 Å². The number of nitrogens with zero attached hydrogens (tertiary/aromatic N) is 5. The first-order valence-electron chi connectivity index (χ1n) is 8.34. The van der Waals surface area contributed by atoms with Gasteiger partial charge in [-0.05, 0) is 37.8 Å². The van der Waals surface area contributed by atoms with Crippen LogP contribution < -0.4 is 4.90 Å². The van der Waals surface area contributed by atoms with Gasteiger partial charge in [-0.1, -0.05) is 6.07 Å². The largest absolute Gasteiger partial charge is 0.356 e. The van der Waals surface area contributed by atoms with Crippen LogP contribution in [0.5, 0.6) is 0 Å². The highest BCUT2D eigenvalue weighted by Crippen LogP contribution is 2.29. The summed E-state index contributed by atoms with van der Waals surface area (Å²) in [5, 5.41) is 0.531. The number of imidazole rings is 1. The number of piperidine rings is 1. The fourth-order valence-electron chi connectivity index (χ4n) is 3.49. The second-order valence-electron chi connectivity index (χ2n) is 6.39. The fraction of sp³-hybridized carbons (Fsp3) is 0.389. The molecular weight excluding hydrogens is 305 g/mol. The van der Waals surface area contributed by atoms with E-state index in [9.17, 15) is 4.39 Å². The first kappa shape index (κ1) is 15.1. The number of benzene rings is 1. The summed E-state index contributed by atoms with van der Waals surface area (Å²) in [6.45, 7) is 4.81. The van der Waals surface area contributed by atoms with Crippen molar-refractivity contribution in [3.8, 4) is 0 Å². The topological polar surface area (TPSA) is 46.8 Å². The zero-order valence-corrected chi connectivity index (χ0v) is 13.7. The molecule has 0 saturated carbocycles. The predicted octanol–water partition coefficient (Wildman–Crippen LogP) is 3.19. The monoisotopic (exact) mass is 325 g/mol. The van der Waals surface area contributed by atoms with Gasteiger partial charge in [-0.3, -0.25) is 0 Å². The van der Waals surface area contributed by atoms with Crippen LogP contribution in [-0.4, -0.2) is 32.6 Å². The number of rotatable bonds is 3. The van der Waals surface area contributed by atoms with Gasteiger partial charge in [0.2, 0.25) is 0 Å². The standard InChI is InChI=1S/C18H20FN5/c1-13-20-7-10-24(13)11-14-5-8-23(9-6-14)18-17-15(19)3-2-4-16(17)21-12-22-18/h2-4,7,10,12,14H,5-6,8-9,11H2,1H3. The normalized spacial score (nSPS) is 16.0. The molecule has 1 aliphatic rings. The third-order valence-corrected chi connectivity index (χ3v) is 4.88. The minimum absolute atomic E-state index is 0.251. The molecule has 0 radical (unpaired) electrons. The highest BCUT2D eigenvalue weighted by atomic mass is 19.1. The minimum atomic E-state index is -0.251. The Hall–Kier alpha value is -2.50. The van der Waals surface area contributed by atoms with Gasteiger partial charge < -0.3 is 9.47 Å². The summed E-state index contributed by atoms with van der Waals surface area (Å²) < 4.78 is 16.5. The average Bonchev–Trinajstić information content (AvgIpc) is 3.00. The van der Waals surface area contributed by atoms with E-state index in [1.165, 1.54) is 12.4 Å². The second-order valence-corrected chi connectivity index (χ2v) is 6.39. The van der Waals surface area contributed by atoms with Crippen LogP contribution in [0.4, 0.5) is 10.2 Å². The van der Waals surface area contributed by atoms with Crippen molar-refractivity contribution < 1.29 is 4.39 Å². The smallest absolute Gasteiger partial charge is 0.142 e. The molecule has 1 aliphatic heterocycles. The molecule has 0 unspecified atom stereocenters. The van der Waals surface area contributed by atoms with Gasteiger partial charge in [0.05, 0.1) is 10.9 Å². The molecule has 0 bridgehead atoms. The maximum atomic E-state index is 14.3. The van der Waals surface area contributed by atoms with Crippen LogP contribution in [0.1, 0.15) is 18.7 Å². The zero-order chi connectivity index (χ0) is 16.5. The molecule has 5 nitrogen and oxygen atoms in total. The average molecular weight is 325 g/mol. The first-order valence-corrected chi connectivity index (χ1v) is 8.34. The molecule has 4 rings (SSSR count). The van der Waals surface area contributed by atoms with Crippen LogP contribution >= 0.6 is 0 Å². The Morgan fingerprint density at radius 1 is 1.17 bits per heavy atom. The molecule has 1 aromatic carbocycles. The van der Waals surface area contributed by atoms with Crippen molar-refractivity contribution in [1.82, 2.24) is 19.5 Å². The molecule has 3 aromatic rings. The van der Waals surface area contributed by atoms with Crippen LogP contribution in [0.15, 0.2) is 36.9 Å². The molecule has 0 aliphatic carbocycles. The highest BCUT2D eigenvalue weighted by Gasteiger charge is 2.23. The van der Waals surface area contributed by atoms with Gasteiger partial charge in [0, 0.05) is 32.0 Å². The SMILES string of the molecule is Cc1nccn1CC1CCN(c2ncnc3cccc(F)c23)CC1. The molecule has 3 heterocycles. The van der Waals surface area contributed by atoms with E-state index in [0.29, 0.717) is 16.8 Å². The van der Waals surface area contributed by atoms with Crippen LogP contribution in [0.3, 0.4) is 0 Å². The number of anilines is 1. The summed E-state index contributed by atoms with van der Waals surface area (Å²) in [5.41, 5.74) is 0.663. The molecule has 124 valence electrons. The van der Waals surface area contributed by atoms with Crippen molar-refractivity contribution in [2.45, 2.75) is 26.3 Å². The maximum Gasteiger partial charge on any atom is 0.142 e. The molecule has 6 heteroatoms. The van der Waals surface area contributed by atoms with Crippen molar-refractivity contribution in [3.05, 3.63) is 48.6 Å². The van der Waals surface area contributed by atoms with Crippen molar-refractivity contribution in [3.63, 3.8) is 0 Å². The zero-order valence-electron chi connectivity index (χ0n) is 13.7. The van der Waals surface area contributed by atoms with Gasteiger partial charge in [0.15, 0.2) is 0 Å². The molecule has 24 heavy (non-hydrogen) atoms. The lowest BCUT2D eigenvalue weighted by Gasteiger charge is -2.33. The van der Waals surface area contributed by atoms with Crippen molar-refractivity contribution in [2.75, 3.05) is 18.0 Å². The number of aryl methyl sites for hydroxylation is 1. The second kappa shape index (κ2) is 6.19. The van der Waals surface area contributed by atoms with Gasteiger partial charge in [0.25, 0.3) is 0 Å². The predicted molar refractivity (Wildman–Crippen MR) is 91.4 cm³/mol. The summed E-state index contributed by atoms with van der Waals surface area (Å²) >= 11 is 0. The van der Waals surface area contributed by atoms with E-state index in [-0.39, 0.29) is 5.82 Å². The summed E-state index contributed by atoms with van der Waals surface area (Å²) in [6.07, 6.45) is 7.54. The molecule has 0 amide bonds. The number of fused-ring (bicyclic) bond motifs is 1. The van der Waals surface area contributed by atoms with Gasteiger partial charge in [-0.25, -0.2) is 19.3 Å². The van der Waals surface area contributed by atoms with Crippen molar-refractivity contribution >= 4 is 16.7 Å². The number of hydrogen-bond donors (Lipinski definition) is 0. The van der Waals surface area contributed by atoms with E-state index in [4.69, 9.17) is 0 Å². The number of aromatic nitrogens is 4. The van der Waals surface area contributed by atoms with Crippen molar-refractivity contribution in [2.24, 2.45) is 5.92 Å². The van der Waals surface area contributed by atoms with Gasteiger partial charge in [-0.2, -0.15) is 0 Å². The minimum Gasteiger partial charge on any atom is -0.356 e. The van der Waals surface area contributed by atoms with Crippen LogP contribution in [0, 0.1) is 18.7 Å². The molecule has 2 aromatic heterocycles. The molecule has 0 spiro atoms. The molecule has 1 saturated heterocycles. The van der Waals surface area contributed by atoms with Gasteiger partial charge in [0.1, 0.15) is 23.8 Å². The van der Waals surface area contributed by atoms with E-state index in [1.54, 1.807) is 6.07 Å². The number of hydrogen-bond acceptors (Lipinski definition) is 4. The Kier molecular flexibility index (Phi) is 3.88. The third kappa shape index (κ3) is 2.72. The molecule has 1 fully saturated rings. The van der Waals surface area contributed by atoms with E-state index >= 15 is 0 Å². The maximum absolute atomic E-state index is 14.3. The summed E-state index contributed by atoms with van der Waals surface area (Å²) in [4.78, 5) is 15.0. The van der Waals surface area contributed by atoms with Crippen LogP contribution in [-0.2, 0) is 6.54 Å². The highest BCUT2D eigenvalue weighted by molar-refractivity contribution is 5.89. The lowest BCUT2D eigenvalue weighted by molar-refractivity contribution is 0.353.